The highest BCUT2D eigenvalue weighted by Gasteiger charge is 2.23. The molecule has 0 aliphatic carbocycles. The maximum Gasteiger partial charge on any atom is 0.360 e. The number of hydrogen-bond acceptors (Lipinski definition) is 6. The highest BCUT2D eigenvalue weighted by molar-refractivity contribution is 5.91. The Hall–Kier alpha value is -2.21. The molecule has 2 aromatic rings. The number of aryl methyl sites for hydroxylation is 1. The minimum absolute atomic E-state index is 0.0213. The van der Waals surface area contributed by atoms with Crippen molar-refractivity contribution in [1.29, 1.82) is 0 Å². The lowest BCUT2D eigenvalue weighted by atomic mass is 10.1. The summed E-state index contributed by atoms with van der Waals surface area (Å²) in [7, 11) is 2.07. The summed E-state index contributed by atoms with van der Waals surface area (Å²) >= 11 is 0. The van der Waals surface area contributed by atoms with Gasteiger partial charge in [0.15, 0.2) is 0 Å². The van der Waals surface area contributed by atoms with Crippen molar-refractivity contribution in [2.45, 2.75) is 26.9 Å². The van der Waals surface area contributed by atoms with Crippen LogP contribution in [0.1, 0.15) is 19.4 Å². The van der Waals surface area contributed by atoms with Crippen LogP contribution in [0.4, 0.5) is 5.69 Å². The molecule has 0 amide bonds. The minimum atomic E-state index is -0.370. The second kappa shape index (κ2) is 6.36. The number of likely N-dealkylation sites (N-methyl/N-ethyl adjacent to an activating group) is 1. The van der Waals surface area contributed by atoms with Crippen molar-refractivity contribution in [3.63, 3.8) is 0 Å². The summed E-state index contributed by atoms with van der Waals surface area (Å²) in [5.41, 5.74) is 1.41. The maximum atomic E-state index is 12.5. The third kappa shape index (κ3) is 3.06. The van der Waals surface area contributed by atoms with E-state index in [4.69, 9.17) is 9.15 Å². The van der Waals surface area contributed by atoms with E-state index in [1.165, 1.54) is 6.07 Å². The number of hydrogen-bond donors (Lipinski definition) is 1. The fourth-order valence-electron chi connectivity index (χ4n) is 3.19. The number of anilines is 1. The van der Waals surface area contributed by atoms with E-state index in [1.807, 2.05) is 20.8 Å². The van der Waals surface area contributed by atoms with E-state index in [2.05, 4.69) is 16.8 Å². The summed E-state index contributed by atoms with van der Waals surface area (Å²) in [5.74, 6) is 0.560. The Labute approximate surface area is 141 Å². The van der Waals surface area contributed by atoms with E-state index in [0.29, 0.717) is 17.0 Å². The molecule has 1 N–H and O–H groups in total. The van der Waals surface area contributed by atoms with Gasteiger partial charge in [-0.2, -0.15) is 0 Å². The zero-order chi connectivity index (χ0) is 17.4. The number of aromatic hydroxyl groups is 1. The van der Waals surface area contributed by atoms with E-state index in [0.717, 1.165) is 37.1 Å². The molecule has 1 aromatic carbocycles. The Morgan fingerprint density at radius 3 is 2.50 bits per heavy atom. The molecule has 1 aliphatic rings. The van der Waals surface area contributed by atoms with Gasteiger partial charge < -0.3 is 24.1 Å². The summed E-state index contributed by atoms with van der Waals surface area (Å²) < 4.78 is 11.3. The van der Waals surface area contributed by atoms with Gasteiger partial charge in [-0.25, -0.2) is 4.79 Å². The first-order valence-electron chi connectivity index (χ1n) is 8.27. The first-order valence-corrected chi connectivity index (χ1v) is 8.27. The third-order valence-electron chi connectivity index (χ3n) is 4.36. The topological polar surface area (TPSA) is 66.2 Å². The summed E-state index contributed by atoms with van der Waals surface area (Å²) in [4.78, 5) is 16.8. The van der Waals surface area contributed by atoms with Gasteiger partial charge in [-0.3, -0.25) is 0 Å². The SMILES string of the molecule is Cc1c(N2CCN(C)CC2)c(=O)oc2cc(O)cc(OC(C)C)c12. The average molecular weight is 332 g/mol. The van der Waals surface area contributed by atoms with Gasteiger partial charge in [0.25, 0.3) is 0 Å². The minimum Gasteiger partial charge on any atom is -0.508 e. The molecule has 24 heavy (non-hydrogen) atoms. The molecule has 0 atom stereocenters. The van der Waals surface area contributed by atoms with E-state index < -0.39 is 0 Å². The second-order valence-electron chi connectivity index (χ2n) is 6.64. The summed E-state index contributed by atoms with van der Waals surface area (Å²) in [6, 6.07) is 3.04. The van der Waals surface area contributed by atoms with Crippen molar-refractivity contribution in [1.82, 2.24) is 4.90 Å². The lowest BCUT2D eigenvalue weighted by Crippen LogP contribution is -2.46. The standard InChI is InChI=1S/C18H24N2O4/c1-11(2)23-14-9-13(21)10-15-16(14)12(3)17(18(22)24-15)20-7-5-19(4)6-8-20/h9-11,21H,5-8H2,1-4H3. The number of fused-ring (bicyclic) bond motifs is 1. The van der Waals surface area contributed by atoms with Crippen molar-refractivity contribution in [2.75, 3.05) is 38.1 Å². The van der Waals surface area contributed by atoms with Crippen LogP contribution in [-0.4, -0.2) is 49.3 Å². The first-order chi connectivity index (χ1) is 11.4. The number of rotatable bonds is 3. The largest absolute Gasteiger partial charge is 0.508 e. The van der Waals surface area contributed by atoms with E-state index in [1.54, 1.807) is 6.07 Å². The molecule has 1 fully saturated rings. The zero-order valence-corrected chi connectivity index (χ0v) is 14.6. The monoisotopic (exact) mass is 332 g/mol. The van der Waals surface area contributed by atoms with Crippen LogP contribution >= 0.6 is 0 Å². The Bertz CT molecular complexity index is 805. The molecular formula is C18H24N2O4. The van der Waals surface area contributed by atoms with Gasteiger partial charge in [-0.15, -0.1) is 0 Å². The van der Waals surface area contributed by atoms with Crippen LogP contribution in [0.15, 0.2) is 21.3 Å². The van der Waals surface area contributed by atoms with Crippen LogP contribution in [0.5, 0.6) is 11.5 Å². The lowest BCUT2D eigenvalue weighted by Gasteiger charge is -2.34. The van der Waals surface area contributed by atoms with Gasteiger partial charge in [0.2, 0.25) is 0 Å². The molecule has 0 saturated carbocycles. The van der Waals surface area contributed by atoms with Crippen molar-refractivity contribution in [3.05, 3.63) is 28.1 Å². The highest BCUT2D eigenvalue weighted by Crippen LogP contribution is 2.36. The number of benzene rings is 1. The van der Waals surface area contributed by atoms with E-state index in [9.17, 15) is 9.90 Å². The van der Waals surface area contributed by atoms with Crippen LogP contribution < -0.4 is 15.3 Å². The van der Waals surface area contributed by atoms with Gasteiger partial charge in [-0.1, -0.05) is 0 Å². The summed E-state index contributed by atoms with van der Waals surface area (Å²) in [5, 5.41) is 10.6. The molecule has 1 saturated heterocycles. The molecule has 0 bridgehead atoms. The van der Waals surface area contributed by atoms with Gasteiger partial charge >= 0.3 is 5.63 Å². The molecular weight excluding hydrogens is 308 g/mol. The molecule has 2 heterocycles. The number of nitrogens with zero attached hydrogens (tertiary/aromatic N) is 2. The van der Waals surface area contributed by atoms with Crippen molar-refractivity contribution in [2.24, 2.45) is 0 Å². The number of ether oxygens (including phenoxy) is 1. The third-order valence-corrected chi connectivity index (χ3v) is 4.36. The fraction of sp³-hybridized carbons (Fsp3) is 0.500. The van der Waals surface area contributed by atoms with Gasteiger partial charge in [0.05, 0.1) is 11.5 Å². The molecule has 6 nitrogen and oxygen atoms in total. The summed E-state index contributed by atoms with van der Waals surface area (Å²) in [6.07, 6.45) is -0.0478. The molecule has 0 unspecified atom stereocenters. The normalized spacial score (nSPS) is 16.1. The predicted molar refractivity (Wildman–Crippen MR) is 94.4 cm³/mol. The number of phenols is 1. The van der Waals surface area contributed by atoms with Crippen molar-refractivity contribution in [3.8, 4) is 11.5 Å². The Morgan fingerprint density at radius 1 is 1.21 bits per heavy atom. The molecule has 0 radical (unpaired) electrons. The van der Waals surface area contributed by atoms with Crippen molar-refractivity contribution < 1.29 is 14.3 Å². The highest BCUT2D eigenvalue weighted by atomic mass is 16.5. The molecule has 130 valence electrons. The number of piperazine rings is 1. The van der Waals surface area contributed by atoms with E-state index in [-0.39, 0.29) is 17.5 Å². The predicted octanol–water partition coefficient (Wildman–Crippen LogP) is 2.35. The van der Waals surface area contributed by atoms with Crippen LogP contribution in [0, 0.1) is 6.92 Å². The molecule has 3 rings (SSSR count). The van der Waals surface area contributed by atoms with Crippen LogP contribution in [0.2, 0.25) is 0 Å². The Morgan fingerprint density at radius 2 is 1.88 bits per heavy atom. The van der Waals surface area contributed by atoms with Gasteiger partial charge in [-0.05, 0) is 33.4 Å². The van der Waals surface area contributed by atoms with Crippen LogP contribution in [0.25, 0.3) is 11.0 Å². The smallest absolute Gasteiger partial charge is 0.360 e. The van der Waals surface area contributed by atoms with E-state index >= 15 is 0 Å². The first kappa shape index (κ1) is 16.6. The number of phenolic OH excluding ortho intramolecular Hbond substituents is 1. The molecule has 0 spiro atoms. The summed E-state index contributed by atoms with van der Waals surface area (Å²) in [6.45, 7) is 9.14. The van der Waals surface area contributed by atoms with Gasteiger partial charge in [0.1, 0.15) is 22.8 Å². The lowest BCUT2D eigenvalue weighted by molar-refractivity contribution is 0.244. The Balaban J connectivity index is 2.17. The maximum absolute atomic E-state index is 12.5. The van der Waals surface area contributed by atoms with Gasteiger partial charge in [0, 0.05) is 38.3 Å². The molecule has 6 heteroatoms. The van der Waals surface area contributed by atoms with Crippen LogP contribution in [0.3, 0.4) is 0 Å². The van der Waals surface area contributed by atoms with Crippen LogP contribution in [-0.2, 0) is 0 Å². The second-order valence-corrected chi connectivity index (χ2v) is 6.64. The fourth-order valence-corrected chi connectivity index (χ4v) is 3.19. The zero-order valence-electron chi connectivity index (χ0n) is 14.6. The molecule has 1 aromatic heterocycles. The Kier molecular flexibility index (Phi) is 4.41. The van der Waals surface area contributed by atoms with Crippen molar-refractivity contribution >= 4 is 16.7 Å². The molecule has 1 aliphatic heterocycles. The average Bonchev–Trinajstić information content (AvgIpc) is 2.47. The quantitative estimate of drug-likeness (QED) is 0.871.